The Balaban J connectivity index is 1.99. The minimum atomic E-state index is -3.23. The van der Waals surface area contributed by atoms with Crippen molar-refractivity contribution in [2.45, 2.75) is 38.0 Å². The summed E-state index contributed by atoms with van der Waals surface area (Å²) in [6.45, 7) is 5.75. The number of aromatic nitrogens is 1. The third-order valence-electron chi connectivity index (χ3n) is 4.13. The Morgan fingerprint density at radius 1 is 1.39 bits per heavy atom. The first-order valence-electron chi connectivity index (χ1n) is 7.88. The molecule has 0 radical (unpaired) electrons. The van der Waals surface area contributed by atoms with Crippen molar-refractivity contribution in [1.82, 2.24) is 4.98 Å². The van der Waals surface area contributed by atoms with E-state index in [1.54, 1.807) is 6.07 Å². The maximum absolute atomic E-state index is 11.6. The number of hydrogen-bond donors (Lipinski definition) is 0. The predicted molar refractivity (Wildman–Crippen MR) is 88.3 cm³/mol. The Morgan fingerprint density at radius 2 is 2.04 bits per heavy atom. The molecule has 0 aliphatic carbocycles. The minimum Gasteiger partial charge on any atom is -0.466 e. The van der Waals surface area contributed by atoms with Crippen LogP contribution in [0.4, 0.5) is 5.82 Å². The van der Waals surface area contributed by atoms with Crippen molar-refractivity contribution in [2.24, 2.45) is 5.92 Å². The molecule has 23 heavy (non-hydrogen) atoms. The number of aryl methyl sites for hydroxylation is 1. The van der Waals surface area contributed by atoms with Gasteiger partial charge in [-0.3, -0.25) is 4.79 Å². The van der Waals surface area contributed by atoms with Crippen molar-refractivity contribution >= 4 is 21.6 Å². The summed E-state index contributed by atoms with van der Waals surface area (Å²) >= 11 is 0. The third kappa shape index (κ3) is 4.67. The molecule has 0 spiro atoms. The standard InChI is InChI=1S/C16H24N2O4S/c1-4-22-15(19)10-13-5-7-18(8-6-13)16-12(2)9-14(11-17-16)23(3,20)21/h9,11,13H,4-8,10H2,1-3H3. The molecule has 0 N–H and O–H groups in total. The van der Waals surface area contributed by atoms with Gasteiger partial charge in [0.1, 0.15) is 5.82 Å². The van der Waals surface area contributed by atoms with Crippen LogP contribution in [0.15, 0.2) is 17.2 Å². The molecule has 1 aromatic heterocycles. The quantitative estimate of drug-likeness (QED) is 0.763. The van der Waals surface area contributed by atoms with E-state index in [1.165, 1.54) is 12.5 Å². The van der Waals surface area contributed by atoms with Crippen LogP contribution in [0.1, 0.15) is 31.7 Å². The summed E-state index contributed by atoms with van der Waals surface area (Å²) in [6, 6.07) is 1.67. The highest BCUT2D eigenvalue weighted by Crippen LogP contribution is 2.27. The minimum absolute atomic E-state index is 0.127. The van der Waals surface area contributed by atoms with E-state index in [0.29, 0.717) is 18.9 Å². The maximum atomic E-state index is 11.6. The number of pyridine rings is 1. The molecule has 1 saturated heterocycles. The molecule has 2 rings (SSSR count). The number of esters is 1. The lowest BCUT2D eigenvalue weighted by Crippen LogP contribution is -2.35. The van der Waals surface area contributed by atoms with Crippen molar-refractivity contribution in [3.8, 4) is 0 Å². The van der Waals surface area contributed by atoms with Gasteiger partial charge in [0, 0.05) is 32.0 Å². The Morgan fingerprint density at radius 3 is 2.57 bits per heavy atom. The van der Waals surface area contributed by atoms with E-state index in [2.05, 4.69) is 9.88 Å². The maximum Gasteiger partial charge on any atom is 0.306 e. The largest absolute Gasteiger partial charge is 0.466 e. The van der Waals surface area contributed by atoms with Crippen molar-refractivity contribution in [1.29, 1.82) is 0 Å². The molecule has 1 aliphatic rings. The monoisotopic (exact) mass is 340 g/mol. The van der Waals surface area contributed by atoms with Crippen LogP contribution in [0, 0.1) is 12.8 Å². The number of rotatable bonds is 5. The molecule has 0 unspecified atom stereocenters. The number of piperidine rings is 1. The third-order valence-corrected chi connectivity index (χ3v) is 5.21. The van der Waals surface area contributed by atoms with Crippen LogP contribution >= 0.6 is 0 Å². The molecule has 128 valence electrons. The highest BCUT2D eigenvalue weighted by molar-refractivity contribution is 7.90. The average Bonchev–Trinajstić information content (AvgIpc) is 2.47. The number of carbonyl (C=O) groups excluding carboxylic acids is 1. The lowest BCUT2D eigenvalue weighted by Gasteiger charge is -2.33. The highest BCUT2D eigenvalue weighted by atomic mass is 32.2. The number of sulfone groups is 1. The Kier molecular flexibility index (Phi) is 5.62. The summed E-state index contributed by atoms with van der Waals surface area (Å²) < 4.78 is 28.1. The second kappa shape index (κ2) is 7.29. The number of anilines is 1. The van der Waals surface area contributed by atoms with E-state index in [1.807, 2.05) is 13.8 Å². The van der Waals surface area contributed by atoms with E-state index in [9.17, 15) is 13.2 Å². The fraction of sp³-hybridized carbons (Fsp3) is 0.625. The van der Waals surface area contributed by atoms with Gasteiger partial charge in [0.05, 0.1) is 11.5 Å². The number of nitrogens with zero attached hydrogens (tertiary/aromatic N) is 2. The van der Waals surface area contributed by atoms with Gasteiger partial charge >= 0.3 is 5.97 Å². The van der Waals surface area contributed by atoms with Gasteiger partial charge in [-0.1, -0.05) is 0 Å². The molecule has 0 atom stereocenters. The van der Waals surface area contributed by atoms with E-state index < -0.39 is 9.84 Å². The van der Waals surface area contributed by atoms with Crippen LogP contribution in [0.2, 0.25) is 0 Å². The second-order valence-corrected chi connectivity index (χ2v) is 8.04. The fourth-order valence-corrected chi connectivity index (χ4v) is 3.52. The zero-order valence-corrected chi connectivity index (χ0v) is 14.7. The Hall–Kier alpha value is -1.63. The summed E-state index contributed by atoms with van der Waals surface area (Å²) in [7, 11) is -3.23. The summed E-state index contributed by atoms with van der Waals surface area (Å²) in [4.78, 5) is 18.3. The van der Waals surface area contributed by atoms with Crippen LogP contribution in [0.25, 0.3) is 0 Å². The molecular weight excluding hydrogens is 316 g/mol. The van der Waals surface area contributed by atoms with Gasteiger partial charge in [-0.05, 0) is 44.2 Å². The van der Waals surface area contributed by atoms with Crippen molar-refractivity contribution < 1.29 is 17.9 Å². The summed E-state index contributed by atoms with van der Waals surface area (Å²) in [5.41, 5.74) is 0.858. The molecule has 0 bridgehead atoms. The van der Waals surface area contributed by atoms with Gasteiger partial charge in [-0.15, -0.1) is 0 Å². The van der Waals surface area contributed by atoms with Gasteiger partial charge in [-0.2, -0.15) is 0 Å². The van der Waals surface area contributed by atoms with E-state index in [-0.39, 0.29) is 10.9 Å². The lowest BCUT2D eigenvalue weighted by atomic mass is 9.93. The first kappa shape index (κ1) is 17.7. The Bertz CT molecular complexity index is 665. The van der Waals surface area contributed by atoms with Crippen molar-refractivity contribution in [3.63, 3.8) is 0 Å². The van der Waals surface area contributed by atoms with Gasteiger partial charge in [0.2, 0.25) is 0 Å². The SMILES string of the molecule is CCOC(=O)CC1CCN(c2ncc(S(C)(=O)=O)cc2C)CC1. The first-order valence-corrected chi connectivity index (χ1v) is 9.77. The van der Waals surface area contributed by atoms with Gasteiger partial charge < -0.3 is 9.64 Å². The van der Waals surface area contributed by atoms with Crippen LogP contribution in [0.3, 0.4) is 0 Å². The van der Waals surface area contributed by atoms with Gasteiger partial charge in [0.25, 0.3) is 0 Å². The first-order chi connectivity index (χ1) is 10.8. The normalized spacial score (nSPS) is 16.4. The average molecular weight is 340 g/mol. The Labute approximate surface area is 137 Å². The molecule has 0 saturated carbocycles. The van der Waals surface area contributed by atoms with Gasteiger partial charge in [-0.25, -0.2) is 13.4 Å². The van der Waals surface area contributed by atoms with Crippen LogP contribution in [0.5, 0.6) is 0 Å². The lowest BCUT2D eigenvalue weighted by molar-refractivity contribution is -0.144. The summed E-state index contributed by atoms with van der Waals surface area (Å²) in [5, 5.41) is 0. The fourth-order valence-electron chi connectivity index (χ4n) is 2.88. The number of hydrogen-bond acceptors (Lipinski definition) is 6. The van der Waals surface area contributed by atoms with Gasteiger partial charge in [0.15, 0.2) is 9.84 Å². The smallest absolute Gasteiger partial charge is 0.306 e. The molecule has 1 aromatic rings. The molecule has 2 heterocycles. The topological polar surface area (TPSA) is 76.6 Å². The van der Waals surface area contributed by atoms with E-state index >= 15 is 0 Å². The molecule has 1 aliphatic heterocycles. The van der Waals surface area contributed by atoms with E-state index in [0.717, 1.165) is 37.3 Å². The van der Waals surface area contributed by atoms with Crippen molar-refractivity contribution in [3.05, 3.63) is 17.8 Å². The molecule has 0 amide bonds. The van der Waals surface area contributed by atoms with E-state index in [4.69, 9.17) is 4.74 Å². The molecule has 0 aromatic carbocycles. The molecule has 6 nitrogen and oxygen atoms in total. The molecule has 7 heteroatoms. The second-order valence-electron chi connectivity index (χ2n) is 6.02. The van der Waals surface area contributed by atoms with Crippen LogP contribution in [-0.4, -0.2) is 45.3 Å². The molecular formula is C16H24N2O4S. The van der Waals surface area contributed by atoms with Crippen LogP contribution < -0.4 is 4.90 Å². The summed E-state index contributed by atoms with van der Waals surface area (Å²) in [5.74, 6) is 1.05. The highest BCUT2D eigenvalue weighted by Gasteiger charge is 2.24. The zero-order chi connectivity index (χ0) is 17.0. The number of carbonyl (C=O) groups is 1. The van der Waals surface area contributed by atoms with Crippen molar-refractivity contribution in [2.75, 3.05) is 30.9 Å². The zero-order valence-electron chi connectivity index (χ0n) is 13.9. The summed E-state index contributed by atoms with van der Waals surface area (Å²) in [6.07, 6.45) is 4.90. The predicted octanol–water partition coefficient (Wildman–Crippen LogP) is 1.96. The molecule has 1 fully saturated rings. The van der Waals surface area contributed by atoms with Crippen LogP contribution in [-0.2, 0) is 19.4 Å². The number of ether oxygens (including phenoxy) is 1.